The van der Waals surface area contributed by atoms with Crippen LogP contribution in [0.3, 0.4) is 0 Å². The van der Waals surface area contributed by atoms with Crippen LogP contribution in [0.15, 0.2) is 24.4 Å². The molecule has 0 bridgehead atoms. The first-order valence-corrected chi connectivity index (χ1v) is 5.04. The van der Waals surface area contributed by atoms with E-state index in [0.717, 1.165) is 4.88 Å². The molecule has 0 atom stereocenters. The van der Waals surface area contributed by atoms with Crippen molar-refractivity contribution in [1.29, 1.82) is 0 Å². The summed E-state index contributed by atoms with van der Waals surface area (Å²) in [5.74, 6) is -0.939. The van der Waals surface area contributed by atoms with Gasteiger partial charge in [-0.3, -0.25) is 0 Å². The number of carboxylic acids is 1. The highest BCUT2D eigenvalue weighted by Crippen LogP contribution is 2.31. The second-order valence-electron chi connectivity index (χ2n) is 2.68. The molecule has 2 aromatic rings. The zero-order valence-corrected chi connectivity index (χ0v) is 8.52. The fourth-order valence-electron chi connectivity index (χ4n) is 1.20. The van der Waals surface area contributed by atoms with Crippen molar-refractivity contribution in [3.05, 3.63) is 34.3 Å². The molecule has 0 radical (unpaired) electrons. The van der Waals surface area contributed by atoms with Gasteiger partial charge in [0.05, 0.1) is 20.5 Å². The third-order valence-electron chi connectivity index (χ3n) is 1.80. The molecule has 0 aliphatic heterocycles. The van der Waals surface area contributed by atoms with Gasteiger partial charge in [0, 0.05) is 6.20 Å². The molecular formula is C9H6ClNO2S. The Balaban J connectivity index is 2.51. The molecule has 0 aliphatic carbocycles. The Morgan fingerprint density at radius 1 is 1.43 bits per heavy atom. The van der Waals surface area contributed by atoms with Crippen LogP contribution < -0.4 is 0 Å². The Morgan fingerprint density at radius 2 is 2.21 bits per heavy atom. The Labute approximate surface area is 89.0 Å². The summed E-state index contributed by atoms with van der Waals surface area (Å²) in [6.45, 7) is 0. The quantitative estimate of drug-likeness (QED) is 0.828. The summed E-state index contributed by atoms with van der Waals surface area (Å²) in [7, 11) is 0. The van der Waals surface area contributed by atoms with E-state index < -0.39 is 5.97 Å². The van der Waals surface area contributed by atoms with E-state index in [9.17, 15) is 4.79 Å². The Bertz CT molecular complexity index is 475. The second kappa shape index (κ2) is 3.48. The normalized spacial score (nSPS) is 10.4. The van der Waals surface area contributed by atoms with Crippen molar-refractivity contribution >= 4 is 28.9 Å². The maximum atomic E-state index is 10.8. The molecule has 3 nitrogen and oxygen atoms in total. The zero-order valence-electron chi connectivity index (χ0n) is 6.95. The number of aromatic amines is 1. The summed E-state index contributed by atoms with van der Waals surface area (Å²) in [5, 5.41) is 8.87. The van der Waals surface area contributed by atoms with Crippen molar-refractivity contribution in [2.24, 2.45) is 0 Å². The lowest BCUT2D eigenvalue weighted by molar-refractivity contribution is 0.0698. The van der Waals surface area contributed by atoms with Gasteiger partial charge in [-0.15, -0.1) is 11.3 Å². The molecule has 14 heavy (non-hydrogen) atoms. The minimum absolute atomic E-state index is 0.267. The third kappa shape index (κ3) is 1.54. The number of thiophene rings is 1. The van der Waals surface area contributed by atoms with Crippen molar-refractivity contribution in [3.8, 4) is 10.6 Å². The SMILES string of the molecule is O=C(O)c1cc[nH]c1-c1ccc(Cl)s1. The summed E-state index contributed by atoms with van der Waals surface area (Å²) in [5.41, 5.74) is 0.873. The van der Waals surface area contributed by atoms with Crippen LogP contribution in [0.5, 0.6) is 0 Å². The van der Waals surface area contributed by atoms with Crippen LogP contribution in [0, 0.1) is 0 Å². The summed E-state index contributed by atoms with van der Waals surface area (Å²) < 4.78 is 0.644. The first kappa shape index (κ1) is 9.30. The van der Waals surface area contributed by atoms with Gasteiger partial charge in [-0.05, 0) is 18.2 Å². The summed E-state index contributed by atoms with van der Waals surface area (Å²) in [4.78, 5) is 14.5. The fraction of sp³-hybridized carbons (Fsp3) is 0. The highest BCUT2D eigenvalue weighted by Gasteiger charge is 2.13. The molecule has 2 rings (SSSR count). The van der Waals surface area contributed by atoms with Crippen LogP contribution in [0.4, 0.5) is 0 Å². The molecule has 0 saturated carbocycles. The number of hydrogen-bond donors (Lipinski definition) is 2. The van der Waals surface area contributed by atoms with Gasteiger partial charge in [-0.1, -0.05) is 11.6 Å². The maximum Gasteiger partial charge on any atom is 0.337 e. The Hall–Kier alpha value is -1.26. The van der Waals surface area contributed by atoms with Crippen molar-refractivity contribution < 1.29 is 9.90 Å². The van der Waals surface area contributed by atoms with Crippen LogP contribution in [0.1, 0.15) is 10.4 Å². The van der Waals surface area contributed by atoms with E-state index in [0.29, 0.717) is 10.0 Å². The maximum absolute atomic E-state index is 10.8. The van der Waals surface area contributed by atoms with Crippen molar-refractivity contribution in [3.63, 3.8) is 0 Å². The number of aromatic nitrogens is 1. The van der Waals surface area contributed by atoms with E-state index in [1.165, 1.54) is 17.4 Å². The van der Waals surface area contributed by atoms with Gasteiger partial charge in [-0.25, -0.2) is 4.79 Å². The lowest BCUT2D eigenvalue weighted by atomic mass is 10.2. The predicted molar refractivity (Wildman–Crippen MR) is 56.1 cm³/mol. The molecular weight excluding hydrogens is 222 g/mol. The second-order valence-corrected chi connectivity index (χ2v) is 4.39. The largest absolute Gasteiger partial charge is 0.478 e. The molecule has 0 amide bonds. The first-order chi connectivity index (χ1) is 6.68. The van der Waals surface area contributed by atoms with E-state index in [-0.39, 0.29) is 5.56 Å². The van der Waals surface area contributed by atoms with Gasteiger partial charge in [-0.2, -0.15) is 0 Å². The van der Waals surface area contributed by atoms with Gasteiger partial charge in [0.2, 0.25) is 0 Å². The Kier molecular flexibility index (Phi) is 2.31. The topological polar surface area (TPSA) is 53.1 Å². The molecule has 0 spiro atoms. The predicted octanol–water partition coefficient (Wildman–Crippen LogP) is 3.09. The van der Waals surface area contributed by atoms with Gasteiger partial charge < -0.3 is 10.1 Å². The molecule has 5 heteroatoms. The fourth-order valence-corrected chi connectivity index (χ4v) is 2.27. The molecule has 0 saturated heterocycles. The molecule has 0 aliphatic rings. The lowest BCUT2D eigenvalue weighted by Gasteiger charge is -1.95. The van der Waals surface area contributed by atoms with E-state index >= 15 is 0 Å². The highest BCUT2D eigenvalue weighted by atomic mass is 35.5. The average Bonchev–Trinajstić information content (AvgIpc) is 2.70. The summed E-state index contributed by atoms with van der Waals surface area (Å²) in [6, 6.07) is 5.07. The number of H-pyrrole nitrogens is 1. The number of aromatic carboxylic acids is 1. The Morgan fingerprint density at radius 3 is 2.79 bits per heavy atom. The van der Waals surface area contributed by atoms with Crippen molar-refractivity contribution in [2.45, 2.75) is 0 Å². The van der Waals surface area contributed by atoms with E-state index in [4.69, 9.17) is 16.7 Å². The van der Waals surface area contributed by atoms with E-state index in [2.05, 4.69) is 4.98 Å². The van der Waals surface area contributed by atoms with Gasteiger partial charge in [0.15, 0.2) is 0 Å². The minimum atomic E-state index is -0.939. The zero-order chi connectivity index (χ0) is 10.1. The molecule has 0 aromatic carbocycles. The van der Waals surface area contributed by atoms with E-state index in [1.54, 1.807) is 18.3 Å². The molecule has 0 fully saturated rings. The molecule has 2 N–H and O–H groups in total. The third-order valence-corrected chi connectivity index (χ3v) is 3.05. The minimum Gasteiger partial charge on any atom is -0.478 e. The van der Waals surface area contributed by atoms with Crippen LogP contribution >= 0.6 is 22.9 Å². The van der Waals surface area contributed by atoms with Crippen LogP contribution in [0.2, 0.25) is 4.34 Å². The molecule has 0 unspecified atom stereocenters. The van der Waals surface area contributed by atoms with Crippen LogP contribution in [-0.4, -0.2) is 16.1 Å². The molecule has 72 valence electrons. The van der Waals surface area contributed by atoms with Crippen molar-refractivity contribution in [1.82, 2.24) is 4.98 Å². The van der Waals surface area contributed by atoms with Crippen LogP contribution in [0.25, 0.3) is 10.6 Å². The average molecular weight is 228 g/mol. The number of hydrogen-bond acceptors (Lipinski definition) is 2. The number of carbonyl (C=O) groups is 1. The van der Waals surface area contributed by atoms with Gasteiger partial charge in [0.1, 0.15) is 0 Å². The monoisotopic (exact) mass is 227 g/mol. The summed E-state index contributed by atoms with van der Waals surface area (Å²) in [6.07, 6.45) is 1.60. The lowest BCUT2D eigenvalue weighted by Crippen LogP contribution is -1.95. The summed E-state index contributed by atoms with van der Waals surface area (Å²) >= 11 is 7.11. The van der Waals surface area contributed by atoms with E-state index in [1.807, 2.05) is 0 Å². The first-order valence-electron chi connectivity index (χ1n) is 3.85. The molecule has 2 heterocycles. The number of halogens is 1. The highest BCUT2D eigenvalue weighted by molar-refractivity contribution is 7.19. The van der Waals surface area contributed by atoms with Gasteiger partial charge >= 0.3 is 5.97 Å². The van der Waals surface area contributed by atoms with Gasteiger partial charge in [0.25, 0.3) is 0 Å². The molecule has 2 aromatic heterocycles. The van der Waals surface area contributed by atoms with Crippen LogP contribution in [-0.2, 0) is 0 Å². The number of carboxylic acid groups (broad SMARTS) is 1. The number of rotatable bonds is 2. The smallest absolute Gasteiger partial charge is 0.337 e. The van der Waals surface area contributed by atoms with Crippen molar-refractivity contribution in [2.75, 3.05) is 0 Å². The number of nitrogens with one attached hydrogen (secondary N) is 1. The standard InChI is InChI=1S/C9H6ClNO2S/c10-7-2-1-6(14-7)8-5(9(12)13)3-4-11-8/h1-4,11H,(H,12,13).